The number of benzene rings is 1. The van der Waals surface area contributed by atoms with E-state index in [1.165, 1.54) is 0 Å². The zero-order valence-corrected chi connectivity index (χ0v) is 10.0. The Hall–Kier alpha value is -1.94. The summed E-state index contributed by atoms with van der Waals surface area (Å²) in [4.78, 5) is 18.4. The van der Waals surface area contributed by atoms with E-state index < -0.39 is 0 Å². The number of aromatic nitrogens is 2. The van der Waals surface area contributed by atoms with Crippen LogP contribution in [0.15, 0.2) is 40.5 Å². The van der Waals surface area contributed by atoms with Crippen molar-refractivity contribution in [2.24, 2.45) is 0 Å². The van der Waals surface area contributed by atoms with Gasteiger partial charge in [0, 0.05) is 22.5 Å². The molecule has 0 spiro atoms. The number of aromatic amines is 1. The maximum absolute atomic E-state index is 11.2. The first kappa shape index (κ1) is 10.2. The van der Waals surface area contributed by atoms with Gasteiger partial charge in [0.05, 0.1) is 10.7 Å². The number of hydrogen-bond donors (Lipinski definition) is 1. The lowest BCUT2D eigenvalue weighted by molar-refractivity contribution is 1.29. The summed E-state index contributed by atoms with van der Waals surface area (Å²) < 4.78 is 0. The summed E-state index contributed by atoms with van der Waals surface area (Å²) >= 11 is 1.64. The third-order valence-corrected chi connectivity index (χ3v) is 3.41. The lowest BCUT2D eigenvalue weighted by Gasteiger charge is -2.00. The smallest absolute Gasteiger partial charge is 0.248 e. The van der Waals surface area contributed by atoms with Crippen LogP contribution < -0.4 is 5.56 Å². The highest BCUT2D eigenvalue weighted by Crippen LogP contribution is 2.24. The summed E-state index contributed by atoms with van der Waals surface area (Å²) in [5.74, 6) is 0. The molecule has 3 aromatic rings. The van der Waals surface area contributed by atoms with Gasteiger partial charge in [0.15, 0.2) is 0 Å². The number of pyridine rings is 1. The van der Waals surface area contributed by atoms with Gasteiger partial charge in [-0.15, -0.1) is 11.3 Å². The summed E-state index contributed by atoms with van der Waals surface area (Å²) in [6.45, 7) is 1.99. The minimum atomic E-state index is -0.0743. The molecular formula is C13H10N2OS. The van der Waals surface area contributed by atoms with Gasteiger partial charge in [-0.1, -0.05) is 6.07 Å². The summed E-state index contributed by atoms with van der Waals surface area (Å²) in [6, 6.07) is 9.31. The number of thiazole rings is 1. The molecule has 1 aromatic carbocycles. The molecule has 84 valence electrons. The average molecular weight is 242 g/mol. The summed E-state index contributed by atoms with van der Waals surface area (Å²) in [5, 5.41) is 4.12. The van der Waals surface area contributed by atoms with E-state index in [1.807, 2.05) is 36.6 Å². The van der Waals surface area contributed by atoms with Crippen molar-refractivity contribution < 1.29 is 0 Å². The van der Waals surface area contributed by atoms with E-state index in [2.05, 4.69) is 9.97 Å². The molecule has 1 N–H and O–H groups in total. The molecular weight excluding hydrogens is 232 g/mol. The fraction of sp³-hybridized carbons (Fsp3) is 0.0769. The van der Waals surface area contributed by atoms with Crippen LogP contribution in [0.2, 0.25) is 0 Å². The Bertz CT molecular complexity index is 742. The molecule has 3 rings (SSSR count). The van der Waals surface area contributed by atoms with Crippen molar-refractivity contribution in [1.82, 2.24) is 9.97 Å². The number of hydrogen-bond acceptors (Lipinski definition) is 3. The molecule has 0 radical (unpaired) electrons. The molecule has 3 nitrogen and oxygen atoms in total. The van der Waals surface area contributed by atoms with Gasteiger partial charge in [0.1, 0.15) is 0 Å². The van der Waals surface area contributed by atoms with E-state index in [0.717, 1.165) is 27.2 Å². The standard InChI is InChI=1S/C13H10N2OS/c1-8-14-12(7-17-8)10-2-4-11-9(6-10)3-5-13(16)15-11/h2-7H,1H3,(H,15,16). The molecule has 0 aliphatic rings. The Morgan fingerprint density at radius 1 is 1.24 bits per heavy atom. The van der Waals surface area contributed by atoms with Gasteiger partial charge in [-0.2, -0.15) is 0 Å². The molecule has 0 aliphatic carbocycles. The molecule has 0 atom stereocenters. The third-order valence-electron chi connectivity index (χ3n) is 2.64. The Labute approximate surface area is 102 Å². The highest BCUT2D eigenvalue weighted by Gasteiger charge is 2.03. The van der Waals surface area contributed by atoms with Gasteiger partial charge < -0.3 is 4.98 Å². The number of aryl methyl sites for hydroxylation is 1. The summed E-state index contributed by atoms with van der Waals surface area (Å²) in [5.41, 5.74) is 2.84. The number of rotatable bonds is 1. The van der Waals surface area contributed by atoms with Crippen LogP contribution in [0.4, 0.5) is 0 Å². The largest absolute Gasteiger partial charge is 0.322 e. The molecule has 0 bridgehead atoms. The molecule has 2 aromatic heterocycles. The maximum Gasteiger partial charge on any atom is 0.248 e. The van der Waals surface area contributed by atoms with Crippen molar-refractivity contribution in [2.75, 3.05) is 0 Å². The number of nitrogens with one attached hydrogen (secondary N) is 1. The summed E-state index contributed by atoms with van der Waals surface area (Å²) in [6.07, 6.45) is 0. The SMILES string of the molecule is Cc1nc(-c2ccc3[nH]c(=O)ccc3c2)cs1. The van der Waals surface area contributed by atoms with Crippen LogP contribution in [-0.4, -0.2) is 9.97 Å². The van der Waals surface area contributed by atoms with Gasteiger partial charge in [-0.3, -0.25) is 4.79 Å². The quantitative estimate of drug-likeness (QED) is 0.713. The molecule has 0 aliphatic heterocycles. The normalized spacial score (nSPS) is 10.9. The third kappa shape index (κ3) is 1.87. The van der Waals surface area contributed by atoms with Gasteiger partial charge in [-0.25, -0.2) is 4.98 Å². The van der Waals surface area contributed by atoms with Crippen molar-refractivity contribution >= 4 is 22.2 Å². The van der Waals surface area contributed by atoms with Gasteiger partial charge >= 0.3 is 0 Å². The average Bonchev–Trinajstić information content (AvgIpc) is 2.75. The van der Waals surface area contributed by atoms with Crippen molar-refractivity contribution in [3.63, 3.8) is 0 Å². The predicted octanol–water partition coefficient (Wildman–Crippen LogP) is 2.96. The van der Waals surface area contributed by atoms with Crippen LogP contribution in [0.1, 0.15) is 5.01 Å². The lowest BCUT2D eigenvalue weighted by atomic mass is 10.1. The molecule has 0 unspecified atom stereocenters. The predicted molar refractivity (Wildman–Crippen MR) is 70.4 cm³/mol. The molecule has 0 amide bonds. The van der Waals surface area contributed by atoms with Crippen LogP contribution in [0.5, 0.6) is 0 Å². The van der Waals surface area contributed by atoms with Crippen LogP contribution >= 0.6 is 11.3 Å². The highest BCUT2D eigenvalue weighted by molar-refractivity contribution is 7.09. The fourth-order valence-corrected chi connectivity index (χ4v) is 2.43. The molecule has 0 saturated carbocycles. The number of nitrogens with zero attached hydrogens (tertiary/aromatic N) is 1. The van der Waals surface area contributed by atoms with E-state index in [0.29, 0.717) is 0 Å². The molecule has 0 saturated heterocycles. The van der Waals surface area contributed by atoms with Crippen molar-refractivity contribution in [2.45, 2.75) is 6.92 Å². The summed E-state index contributed by atoms with van der Waals surface area (Å²) in [7, 11) is 0. The Kier molecular flexibility index (Phi) is 2.30. The lowest BCUT2D eigenvalue weighted by Crippen LogP contribution is -2.01. The number of H-pyrrole nitrogens is 1. The highest BCUT2D eigenvalue weighted by atomic mass is 32.1. The Morgan fingerprint density at radius 2 is 2.12 bits per heavy atom. The van der Waals surface area contributed by atoms with Gasteiger partial charge in [0.2, 0.25) is 5.56 Å². The Balaban J connectivity index is 2.20. The zero-order valence-electron chi connectivity index (χ0n) is 9.23. The second-order valence-corrected chi connectivity index (χ2v) is 4.94. The minimum Gasteiger partial charge on any atom is -0.322 e. The molecule has 0 fully saturated rings. The minimum absolute atomic E-state index is 0.0743. The van der Waals surface area contributed by atoms with Crippen molar-refractivity contribution in [3.8, 4) is 11.3 Å². The molecule has 2 heterocycles. The first-order valence-electron chi connectivity index (χ1n) is 5.28. The fourth-order valence-electron chi connectivity index (χ4n) is 1.81. The van der Waals surface area contributed by atoms with E-state index in [-0.39, 0.29) is 5.56 Å². The van der Waals surface area contributed by atoms with Crippen LogP contribution in [0, 0.1) is 6.92 Å². The van der Waals surface area contributed by atoms with Gasteiger partial charge in [-0.05, 0) is 30.5 Å². The molecule has 17 heavy (non-hydrogen) atoms. The monoisotopic (exact) mass is 242 g/mol. The van der Waals surface area contributed by atoms with Crippen LogP contribution in [-0.2, 0) is 0 Å². The topological polar surface area (TPSA) is 45.8 Å². The zero-order chi connectivity index (χ0) is 11.8. The van der Waals surface area contributed by atoms with E-state index >= 15 is 0 Å². The number of fused-ring (bicyclic) bond motifs is 1. The van der Waals surface area contributed by atoms with Crippen LogP contribution in [0.25, 0.3) is 22.2 Å². The second kappa shape index (κ2) is 3.82. The van der Waals surface area contributed by atoms with E-state index in [1.54, 1.807) is 17.4 Å². The van der Waals surface area contributed by atoms with E-state index in [9.17, 15) is 4.79 Å². The Morgan fingerprint density at radius 3 is 2.88 bits per heavy atom. The van der Waals surface area contributed by atoms with Crippen molar-refractivity contribution in [1.29, 1.82) is 0 Å². The van der Waals surface area contributed by atoms with Crippen LogP contribution in [0.3, 0.4) is 0 Å². The second-order valence-electron chi connectivity index (χ2n) is 3.88. The molecule has 4 heteroatoms. The van der Waals surface area contributed by atoms with Crippen molar-refractivity contribution in [3.05, 3.63) is 51.1 Å². The maximum atomic E-state index is 11.2. The van der Waals surface area contributed by atoms with Gasteiger partial charge in [0.25, 0.3) is 0 Å². The first-order chi connectivity index (χ1) is 8.22. The van der Waals surface area contributed by atoms with E-state index in [4.69, 9.17) is 0 Å². The first-order valence-corrected chi connectivity index (χ1v) is 6.16.